The number of allylic oxidation sites excluding steroid dienone is 1. The van der Waals surface area contributed by atoms with Crippen LogP contribution in [0.2, 0.25) is 0 Å². The molecule has 0 spiro atoms. The van der Waals surface area contributed by atoms with Crippen molar-refractivity contribution >= 4 is 23.5 Å². The number of carbonyl (C=O) groups is 2. The van der Waals surface area contributed by atoms with E-state index in [0.29, 0.717) is 23.8 Å². The smallest absolute Gasteiger partial charge is 0.311 e. The van der Waals surface area contributed by atoms with E-state index < -0.39 is 10.8 Å². The number of hydrogen-bond donors (Lipinski definition) is 1. The third-order valence-electron chi connectivity index (χ3n) is 4.90. The number of nitrogens with one attached hydrogen (secondary N) is 1. The number of benzene rings is 1. The monoisotopic (exact) mass is 370 g/mol. The largest absolute Gasteiger partial charge is 0.487 e. The van der Waals surface area contributed by atoms with Gasteiger partial charge in [-0.1, -0.05) is 31.9 Å². The van der Waals surface area contributed by atoms with E-state index in [9.17, 15) is 19.7 Å². The molecule has 1 saturated carbocycles. The van der Waals surface area contributed by atoms with Gasteiger partial charge in [0.15, 0.2) is 11.5 Å². The molecule has 7 heteroatoms. The highest BCUT2D eigenvalue weighted by atomic mass is 16.6. The SMILES string of the molecule is C=C1CC(=O)/C(=C\c2ccc(OCC3CCCCC3)c([N+](=O)[O-])c2)C(=O)N1. The maximum Gasteiger partial charge on any atom is 0.311 e. The molecule has 1 heterocycles. The fraction of sp³-hybridized carbons (Fsp3) is 0.400. The lowest BCUT2D eigenvalue weighted by molar-refractivity contribution is -0.385. The maximum absolute atomic E-state index is 12.0. The minimum absolute atomic E-state index is 0.0300. The molecule has 2 aliphatic rings. The summed E-state index contributed by atoms with van der Waals surface area (Å²) in [5.41, 5.74) is 0.540. The van der Waals surface area contributed by atoms with Crippen LogP contribution in [0, 0.1) is 16.0 Å². The van der Waals surface area contributed by atoms with Crippen LogP contribution in [-0.4, -0.2) is 23.2 Å². The van der Waals surface area contributed by atoms with Crippen LogP contribution in [0.4, 0.5) is 5.69 Å². The van der Waals surface area contributed by atoms with Gasteiger partial charge in [-0.05, 0) is 36.5 Å². The number of nitro groups is 1. The third-order valence-corrected chi connectivity index (χ3v) is 4.90. The Morgan fingerprint density at radius 2 is 2.00 bits per heavy atom. The Morgan fingerprint density at radius 3 is 2.67 bits per heavy atom. The predicted octanol–water partition coefficient (Wildman–Crippen LogP) is 3.54. The Hall–Kier alpha value is -2.96. The molecular weight excluding hydrogens is 348 g/mol. The Kier molecular flexibility index (Phi) is 5.69. The molecule has 1 aromatic carbocycles. The lowest BCUT2D eigenvalue weighted by atomic mass is 9.90. The highest BCUT2D eigenvalue weighted by Gasteiger charge is 2.26. The van der Waals surface area contributed by atoms with Crippen LogP contribution in [0.15, 0.2) is 36.0 Å². The lowest BCUT2D eigenvalue weighted by Crippen LogP contribution is -2.34. The van der Waals surface area contributed by atoms with Gasteiger partial charge in [-0.15, -0.1) is 0 Å². The van der Waals surface area contributed by atoms with E-state index in [1.807, 2.05) is 0 Å². The van der Waals surface area contributed by atoms with E-state index in [2.05, 4.69) is 11.9 Å². The first kappa shape index (κ1) is 18.8. The van der Waals surface area contributed by atoms with Crippen molar-refractivity contribution in [3.63, 3.8) is 0 Å². The number of carbonyl (C=O) groups excluding carboxylic acids is 2. The minimum Gasteiger partial charge on any atom is -0.487 e. The summed E-state index contributed by atoms with van der Waals surface area (Å²) < 4.78 is 5.72. The fourth-order valence-electron chi connectivity index (χ4n) is 3.45. The van der Waals surface area contributed by atoms with Crippen LogP contribution in [0.3, 0.4) is 0 Å². The van der Waals surface area contributed by atoms with E-state index in [4.69, 9.17) is 4.74 Å². The average molecular weight is 370 g/mol. The van der Waals surface area contributed by atoms with Crippen LogP contribution < -0.4 is 10.1 Å². The second-order valence-electron chi connectivity index (χ2n) is 7.01. The maximum atomic E-state index is 12.0. The molecule has 0 bridgehead atoms. The molecule has 0 atom stereocenters. The molecule has 2 fully saturated rings. The summed E-state index contributed by atoms with van der Waals surface area (Å²) in [7, 11) is 0. The molecule has 0 aromatic heterocycles. The number of ether oxygens (including phenoxy) is 1. The Bertz CT molecular complexity index is 800. The van der Waals surface area contributed by atoms with E-state index in [1.54, 1.807) is 6.07 Å². The van der Waals surface area contributed by atoms with Gasteiger partial charge in [0.1, 0.15) is 0 Å². The summed E-state index contributed by atoms with van der Waals surface area (Å²) in [6.07, 6.45) is 7.14. The van der Waals surface area contributed by atoms with Crippen molar-refractivity contribution in [2.45, 2.75) is 38.5 Å². The molecule has 1 amide bonds. The molecule has 1 N–H and O–H groups in total. The van der Waals surface area contributed by atoms with E-state index in [-0.39, 0.29) is 29.2 Å². The van der Waals surface area contributed by atoms with Crippen LogP contribution >= 0.6 is 0 Å². The molecule has 1 aromatic rings. The van der Waals surface area contributed by atoms with Crippen LogP contribution in [0.5, 0.6) is 5.75 Å². The number of nitro benzene ring substituents is 1. The summed E-state index contributed by atoms with van der Waals surface area (Å²) in [6, 6.07) is 4.46. The quantitative estimate of drug-likeness (QED) is 0.370. The van der Waals surface area contributed by atoms with Crippen LogP contribution in [0.1, 0.15) is 44.1 Å². The van der Waals surface area contributed by atoms with Crippen molar-refractivity contribution in [1.29, 1.82) is 0 Å². The zero-order valence-corrected chi connectivity index (χ0v) is 15.0. The number of amides is 1. The Balaban J connectivity index is 1.79. The van der Waals surface area contributed by atoms with Crippen LogP contribution in [0.25, 0.3) is 6.08 Å². The highest BCUT2D eigenvalue weighted by Crippen LogP contribution is 2.31. The van der Waals surface area contributed by atoms with Crippen LogP contribution in [-0.2, 0) is 9.59 Å². The number of piperidine rings is 1. The third kappa shape index (κ3) is 4.61. The van der Waals surface area contributed by atoms with E-state index in [1.165, 1.54) is 37.5 Å². The number of nitrogens with zero attached hydrogens (tertiary/aromatic N) is 1. The van der Waals surface area contributed by atoms with Gasteiger partial charge in [-0.3, -0.25) is 19.7 Å². The number of rotatable bonds is 5. The normalized spacial score (nSPS) is 19.9. The van der Waals surface area contributed by atoms with Gasteiger partial charge in [0.2, 0.25) is 0 Å². The second kappa shape index (κ2) is 8.16. The van der Waals surface area contributed by atoms with Gasteiger partial charge in [0.05, 0.1) is 23.5 Å². The van der Waals surface area contributed by atoms with Gasteiger partial charge in [0, 0.05) is 11.8 Å². The van der Waals surface area contributed by atoms with Crippen molar-refractivity contribution in [2.75, 3.05) is 6.61 Å². The van der Waals surface area contributed by atoms with Crippen molar-refractivity contribution in [1.82, 2.24) is 5.32 Å². The molecule has 7 nitrogen and oxygen atoms in total. The fourth-order valence-corrected chi connectivity index (χ4v) is 3.45. The van der Waals surface area contributed by atoms with Crippen molar-refractivity contribution in [3.05, 3.63) is 51.7 Å². The molecule has 1 aliphatic carbocycles. The highest BCUT2D eigenvalue weighted by molar-refractivity contribution is 6.25. The summed E-state index contributed by atoms with van der Waals surface area (Å²) in [5.74, 6) is -0.266. The first-order chi connectivity index (χ1) is 12.9. The van der Waals surface area contributed by atoms with Crippen molar-refractivity contribution < 1.29 is 19.2 Å². The summed E-state index contributed by atoms with van der Waals surface area (Å²) >= 11 is 0. The zero-order valence-electron chi connectivity index (χ0n) is 15.0. The molecule has 142 valence electrons. The Labute approximate surface area is 157 Å². The molecule has 0 radical (unpaired) electrons. The average Bonchev–Trinajstić information content (AvgIpc) is 2.64. The summed E-state index contributed by atoms with van der Waals surface area (Å²) in [5, 5.41) is 13.9. The van der Waals surface area contributed by atoms with Gasteiger partial charge >= 0.3 is 5.69 Å². The molecule has 1 aliphatic heterocycles. The van der Waals surface area contributed by atoms with Gasteiger partial charge in [-0.2, -0.15) is 0 Å². The zero-order chi connectivity index (χ0) is 19.4. The number of ketones is 1. The molecular formula is C20H22N2O5. The van der Waals surface area contributed by atoms with Crippen molar-refractivity contribution in [3.8, 4) is 5.75 Å². The molecule has 0 unspecified atom stereocenters. The topological polar surface area (TPSA) is 98.5 Å². The second-order valence-corrected chi connectivity index (χ2v) is 7.01. The summed E-state index contributed by atoms with van der Waals surface area (Å²) in [4.78, 5) is 34.9. The molecule has 1 saturated heterocycles. The number of hydrogen-bond acceptors (Lipinski definition) is 5. The van der Waals surface area contributed by atoms with Crippen molar-refractivity contribution in [2.24, 2.45) is 5.92 Å². The number of Topliss-reactive ketones (excluding diaryl/α,β-unsaturated/α-hetero) is 1. The summed E-state index contributed by atoms with van der Waals surface area (Å²) in [6.45, 7) is 4.04. The van der Waals surface area contributed by atoms with Gasteiger partial charge in [-0.25, -0.2) is 0 Å². The Morgan fingerprint density at radius 1 is 1.26 bits per heavy atom. The van der Waals surface area contributed by atoms with E-state index >= 15 is 0 Å². The first-order valence-corrected chi connectivity index (χ1v) is 9.09. The molecule has 27 heavy (non-hydrogen) atoms. The predicted molar refractivity (Wildman–Crippen MR) is 100 cm³/mol. The van der Waals surface area contributed by atoms with Gasteiger partial charge in [0.25, 0.3) is 5.91 Å². The van der Waals surface area contributed by atoms with E-state index in [0.717, 1.165) is 12.8 Å². The lowest BCUT2D eigenvalue weighted by Gasteiger charge is -2.21. The standard InChI is InChI=1S/C20H22N2O5/c1-13-9-18(23)16(20(24)21-13)10-15-7-8-19(17(11-15)22(25)26)27-12-14-5-3-2-4-6-14/h7-8,10-11,14H,1-6,9,12H2,(H,21,24)/b16-10+. The van der Waals surface area contributed by atoms with Gasteiger partial charge < -0.3 is 10.1 Å². The first-order valence-electron chi connectivity index (χ1n) is 9.09. The minimum atomic E-state index is -0.545. The molecule has 3 rings (SSSR count).